The predicted molar refractivity (Wildman–Crippen MR) is 81.2 cm³/mol. The van der Waals surface area contributed by atoms with Crippen molar-refractivity contribution in [1.82, 2.24) is 9.97 Å². The lowest BCUT2D eigenvalue weighted by atomic mass is 10.2. The monoisotopic (exact) mass is 299 g/mol. The maximum absolute atomic E-state index is 11.3. The molecule has 1 aliphatic heterocycles. The van der Waals surface area contributed by atoms with Gasteiger partial charge < -0.3 is 14.7 Å². The number of anilines is 1. The number of benzene rings is 1. The van der Waals surface area contributed by atoms with Gasteiger partial charge in [-0.3, -0.25) is 0 Å². The number of carboxylic acid groups (broad SMARTS) is 1. The molecule has 3 rings (SSSR count). The Hall–Kier alpha value is -2.63. The van der Waals surface area contributed by atoms with Gasteiger partial charge in [-0.05, 0) is 25.0 Å². The Morgan fingerprint density at radius 2 is 1.95 bits per heavy atom. The molecule has 2 aromatic rings. The fourth-order valence-electron chi connectivity index (χ4n) is 2.43. The normalized spacial score (nSPS) is 14.1. The predicted octanol–water partition coefficient (Wildman–Crippen LogP) is 2.35. The van der Waals surface area contributed by atoms with E-state index in [1.54, 1.807) is 0 Å². The van der Waals surface area contributed by atoms with Crippen molar-refractivity contribution >= 4 is 11.9 Å². The number of rotatable bonds is 5. The highest BCUT2D eigenvalue weighted by molar-refractivity contribution is 5.88. The minimum atomic E-state index is -1.04. The van der Waals surface area contributed by atoms with Crippen molar-refractivity contribution in [3.05, 3.63) is 47.8 Å². The van der Waals surface area contributed by atoms with Crippen LogP contribution in [0, 0.1) is 0 Å². The highest BCUT2D eigenvalue weighted by Crippen LogP contribution is 2.19. The second kappa shape index (κ2) is 6.43. The zero-order valence-electron chi connectivity index (χ0n) is 12.1. The topological polar surface area (TPSA) is 75.5 Å². The summed E-state index contributed by atoms with van der Waals surface area (Å²) in [5.41, 5.74) is 0.479. The van der Waals surface area contributed by atoms with E-state index in [2.05, 4.69) is 14.9 Å². The molecule has 0 saturated carbocycles. The van der Waals surface area contributed by atoms with E-state index in [1.807, 2.05) is 30.3 Å². The zero-order valence-corrected chi connectivity index (χ0v) is 12.1. The number of para-hydroxylation sites is 1. The lowest BCUT2D eigenvalue weighted by molar-refractivity contribution is 0.0692. The molecule has 1 aliphatic rings. The third kappa shape index (κ3) is 3.16. The molecule has 6 nitrogen and oxygen atoms in total. The molecule has 2 heterocycles. The highest BCUT2D eigenvalue weighted by Gasteiger charge is 2.19. The van der Waals surface area contributed by atoms with Gasteiger partial charge in [0.1, 0.15) is 17.9 Å². The summed E-state index contributed by atoms with van der Waals surface area (Å²) in [6.45, 7) is 1.92. The Labute approximate surface area is 128 Å². The standard InChI is InChI=1S/C16H17N3O3/c20-15(21)13-10-17-16(19-8-4-5-9-19)18-14(13)11-22-12-6-2-1-3-7-12/h1-3,6-7,10H,4-5,8-9,11H2,(H,20,21). The Morgan fingerprint density at radius 1 is 1.23 bits per heavy atom. The average molecular weight is 299 g/mol. The first-order valence-electron chi connectivity index (χ1n) is 7.26. The maximum atomic E-state index is 11.3. The van der Waals surface area contributed by atoms with E-state index in [0.29, 0.717) is 17.4 Å². The largest absolute Gasteiger partial charge is 0.487 e. The molecule has 0 bridgehead atoms. The minimum absolute atomic E-state index is 0.0823. The van der Waals surface area contributed by atoms with E-state index in [9.17, 15) is 9.90 Å². The van der Waals surface area contributed by atoms with Crippen LogP contribution >= 0.6 is 0 Å². The molecule has 1 saturated heterocycles. The molecule has 1 fully saturated rings. The van der Waals surface area contributed by atoms with Gasteiger partial charge >= 0.3 is 5.97 Å². The van der Waals surface area contributed by atoms with Crippen molar-refractivity contribution in [3.8, 4) is 5.75 Å². The highest BCUT2D eigenvalue weighted by atomic mass is 16.5. The lowest BCUT2D eigenvalue weighted by Gasteiger charge is -2.16. The minimum Gasteiger partial charge on any atom is -0.487 e. The summed E-state index contributed by atoms with van der Waals surface area (Å²) in [6.07, 6.45) is 3.59. The van der Waals surface area contributed by atoms with Crippen LogP contribution < -0.4 is 9.64 Å². The number of carboxylic acids is 1. The maximum Gasteiger partial charge on any atom is 0.339 e. The molecule has 1 aromatic carbocycles. The molecular weight excluding hydrogens is 282 g/mol. The van der Waals surface area contributed by atoms with Crippen LogP contribution in [0.4, 0.5) is 5.95 Å². The summed E-state index contributed by atoms with van der Waals surface area (Å²) < 4.78 is 5.63. The van der Waals surface area contributed by atoms with Gasteiger partial charge in [0.15, 0.2) is 0 Å². The summed E-state index contributed by atoms with van der Waals surface area (Å²) in [6, 6.07) is 9.27. The van der Waals surface area contributed by atoms with Gasteiger partial charge in [-0.25, -0.2) is 14.8 Å². The fourth-order valence-corrected chi connectivity index (χ4v) is 2.43. The third-order valence-electron chi connectivity index (χ3n) is 3.59. The molecule has 6 heteroatoms. The number of aromatic carboxylic acids is 1. The Balaban J connectivity index is 1.82. The van der Waals surface area contributed by atoms with E-state index in [-0.39, 0.29) is 12.2 Å². The molecule has 0 unspecified atom stereocenters. The molecule has 0 spiro atoms. The van der Waals surface area contributed by atoms with Crippen LogP contribution in [-0.4, -0.2) is 34.1 Å². The van der Waals surface area contributed by atoms with E-state index in [4.69, 9.17) is 4.74 Å². The van der Waals surface area contributed by atoms with Crippen molar-refractivity contribution in [2.75, 3.05) is 18.0 Å². The number of hydrogen-bond acceptors (Lipinski definition) is 5. The van der Waals surface area contributed by atoms with Gasteiger partial charge in [0, 0.05) is 19.3 Å². The van der Waals surface area contributed by atoms with Crippen LogP contribution in [0.2, 0.25) is 0 Å². The Bertz CT molecular complexity index is 655. The Kier molecular flexibility index (Phi) is 4.18. The fraction of sp³-hybridized carbons (Fsp3) is 0.312. The van der Waals surface area contributed by atoms with Crippen LogP contribution in [0.5, 0.6) is 5.75 Å². The van der Waals surface area contributed by atoms with Crippen molar-refractivity contribution < 1.29 is 14.6 Å². The van der Waals surface area contributed by atoms with Crippen molar-refractivity contribution in [2.24, 2.45) is 0 Å². The number of carbonyl (C=O) groups is 1. The summed E-state index contributed by atoms with van der Waals surface area (Å²) in [5.74, 6) is 0.217. The van der Waals surface area contributed by atoms with Gasteiger partial charge in [0.05, 0.1) is 5.69 Å². The quantitative estimate of drug-likeness (QED) is 0.913. The van der Waals surface area contributed by atoms with E-state index in [1.165, 1.54) is 6.20 Å². The molecule has 114 valence electrons. The summed E-state index contributed by atoms with van der Waals surface area (Å²) in [4.78, 5) is 22.0. The molecular formula is C16H17N3O3. The Morgan fingerprint density at radius 3 is 2.64 bits per heavy atom. The van der Waals surface area contributed by atoms with Crippen molar-refractivity contribution in [2.45, 2.75) is 19.4 Å². The van der Waals surface area contributed by atoms with Gasteiger partial charge in [0.2, 0.25) is 5.95 Å². The van der Waals surface area contributed by atoms with Gasteiger partial charge in [0.25, 0.3) is 0 Å². The third-order valence-corrected chi connectivity index (χ3v) is 3.59. The average Bonchev–Trinajstić information content (AvgIpc) is 3.08. The van der Waals surface area contributed by atoms with Gasteiger partial charge in [-0.15, -0.1) is 0 Å². The summed E-state index contributed by atoms with van der Waals surface area (Å²) in [5, 5.41) is 9.27. The van der Waals surface area contributed by atoms with Crippen LogP contribution in [-0.2, 0) is 6.61 Å². The van der Waals surface area contributed by atoms with Gasteiger partial charge in [-0.2, -0.15) is 0 Å². The first-order valence-corrected chi connectivity index (χ1v) is 7.26. The molecule has 0 amide bonds. The number of hydrogen-bond donors (Lipinski definition) is 1. The van der Waals surface area contributed by atoms with Crippen LogP contribution in [0.1, 0.15) is 28.9 Å². The SMILES string of the molecule is O=C(O)c1cnc(N2CCCC2)nc1COc1ccccc1. The molecule has 0 aliphatic carbocycles. The number of nitrogens with zero attached hydrogens (tertiary/aromatic N) is 3. The first kappa shape index (κ1) is 14.3. The molecule has 1 aromatic heterocycles. The molecule has 22 heavy (non-hydrogen) atoms. The van der Waals surface area contributed by atoms with Gasteiger partial charge in [-0.1, -0.05) is 18.2 Å². The number of ether oxygens (including phenoxy) is 1. The molecule has 0 atom stereocenters. The van der Waals surface area contributed by atoms with Crippen LogP contribution in [0.15, 0.2) is 36.5 Å². The number of aromatic nitrogens is 2. The van der Waals surface area contributed by atoms with Crippen LogP contribution in [0.3, 0.4) is 0 Å². The van der Waals surface area contributed by atoms with Crippen LogP contribution in [0.25, 0.3) is 0 Å². The summed E-state index contributed by atoms with van der Waals surface area (Å²) in [7, 11) is 0. The van der Waals surface area contributed by atoms with E-state index < -0.39 is 5.97 Å². The van der Waals surface area contributed by atoms with Crippen molar-refractivity contribution in [3.63, 3.8) is 0 Å². The molecule has 0 radical (unpaired) electrons. The second-order valence-electron chi connectivity index (χ2n) is 5.13. The molecule has 1 N–H and O–H groups in total. The van der Waals surface area contributed by atoms with E-state index >= 15 is 0 Å². The summed E-state index contributed by atoms with van der Waals surface area (Å²) >= 11 is 0. The second-order valence-corrected chi connectivity index (χ2v) is 5.13. The van der Waals surface area contributed by atoms with Crippen molar-refractivity contribution in [1.29, 1.82) is 0 Å². The smallest absolute Gasteiger partial charge is 0.339 e. The first-order chi connectivity index (χ1) is 10.7. The lowest BCUT2D eigenvalue weighted by Crippen LogP contribution is -2.22. The zero-order chi connectivity index (χ0) is 15.4. The van der Waals surface area contributed by atoms with E-state index in [0.717, 1.165) is 25.9 Å².